The van der Waals surface area contributed by atoms with E-state index in [-0.39, 0.29) is 18.3 Å². The zero-order chi connectivity index (χ0) is 12.3. The summed E-state index contributed by atoms with van der Waals surface area (Å²) in [6, 6.07) is 8.30. The quantitative estimate of drug-likeness (QED) is 0.866. The fraction of sp³-hybridized carbons (Fsp3) is 0.500. The molecule has 0 heterocycles. The summed E-state index contributed by atoms with van der Waals surface area (Å²) in [5.41, 5.74) is 7.66. The van der Waals surface area contributed by atoms with Gasteiger partial charge in [0.05, 0.1) is 0 Å². The van der Waals surface area contributed by atoms with Crippen molar-refractivity contribution in [2.45, 2.75) is 44.7 Å². The summed E-state index contributed by atoms with van der Waals surface area (Å²) in [4.78, 5) is 12.1. The van der Waals surface area contributed by atoms with Crippen LogP contribution in [-0.4, -0.2) is 18.0 Å². The normalized spacial score (nSPS) is 23.0. The average molecular weight is 269 g/mol. The van der Waals surface area contributed by atoms with Gasteiger partial charge < -0.3 is 11.1 Å². The van der Waals surface area contributed by atoms with Crippen LogP contribution in [0.5, 0.6) is 0 Å². The van der Waals surface area contributed by atoms with Gasteiger partial charge in [-0.05, 0) is 44.2 Å². The average Bonchev–Trinajstić information content (AvgIpc) is 2.32. The van der Waals surface area contributed by atoms with Gasteiger partial charge in [-0.15, -0.1) is 12.4 Å². The third-order valence-corrected chi connectivity index (χ3v) is 3.50. The summed E-state index contributed by atoms with van der Waals surface area (Å²) in [6.07, 6.45) is 4.02. The number of nitrogens with one attached hydrogen (secondary N) is 1. The van der Waals surface area contributed by atoms with Gasteiger partial charge >= 0.3 is 0 Å². The molecular weight excluding hydrogens is 248 g/mol. The lowest BCUT2D eigenvalue weighted by molar-refractivity contribution is 0.0925. The molecule has 0 bridgehead atoms. The predicted molar refractivity (Wildman–Crippen MR) is 76.1 cm³/mol. The molecule has 1 aliphatic carbocycles. The summed E-state index contributed by atoms with van der Waals surface area (Å²) < 4.78 is 0. The maximum Gasteiger partial charge on any atom is 0.251 e. The lowest BCUT2D eigenvalue weighted by Gasteiger charge is -2.27. The first-order valence-corrected chi connectivity index (χ1v) is 6.29. The molecule has 1 fully saturated rings. The molecule has 0 aliphatic heterocycles. The Kier molecular flexibility index (Phi) is 5.63. The second-order valence-electron chi connectivity index (χ2n) is 4.90. The molecule has 1 aromatic rings. The lowest BCUT2D eigenvalue weighted by Crippen LogP contribution is -2.40. The highest BCUT2D eigenvalue weighted by molar-refractivity contribution is 5.95. The zero-order valence-electron chi connectivity index (χ0n) is 10.7. The van der Waals surface area contributed by atoms with E-state index in [0.29, 0.717) is 12.1 Å². The molecule has 0 saturated heterocycles. The van der Waals surface area contributed by atoms with Gasteiger partial charge in [0, 0.05) is 17.6 Å². The van der Waals surface area contributed by atoms with Gasteiger partial charge in [-0.1, -0.05) is 18.2 Å². The molecule has 0 atom stereocenters. The smallest absolute Gasteiger partial charge is 0.251 e. The van der Waals surface area contributed by atoms with Gasteiger partial charge in [0.25, 0.3) is 5.91 Å². The fourth-order valence-electron chi connectivity index (χ4n) is 2.35. The number of hydrogen-bond donors (Lipinski definition) is 2. The van der Waals surface area contributed by atoms with E-state index in [0.717, 1.165) is 36.8 Å². The van der Waals surface area contributed by atoms with Gasteiger partial charge in [-0.25, -0.2) is 0 Å². The number of nitrogens with two attached hydrogens (primary N) is 1. The van der Waals surface area contributed by atoms with E-state index < -0.39 is 0 Å². The van der Waals surface area contributed by atoms with E-state index in [1.165, 1.54) is 0 Å². The van der Waals surface area contributed by atoms with Gasteiger partial charge in [0.1, 0.15) is 0 Å². The Labute approximate surface area is 115 Å². The standard InChI is InChI=1S/C14H20N2O.ClH/c1-10-4-2-3-5-13(10)14(17)16-12-8-6-11(15)7-9-12;/h2-5,11-12H,6-9,15H2,1H3,(H,16,17);1H. The molecule has 0 aromatic heterocycles. The van der Waals surface area contributed by atoms with Crippen molar-refractivity contribution >= 4 is 18.3 Å². The number of carbonyl (C=O) groups excluding carboxylic acids is 1. The van der Waals surface area contributed by atoms with Crippen LogP contribution in [0, 0.1) is 6.92 Å². The van der Waals surface area contributed by atoms with Crippen LogP contribution in [0.1, 0.15) is 41.6 Å². The zero-order valence-corrected chi connectivity index (χ0v) is 11.5. The van der Waals surface area contributed by atoms with Gasteiger partial charge in [0.2, 0.25) is 0 Å². The molecule has 0 spiro atoms. The SMILES string of the molecule is Cc1ccccc1C(=O)NC1CCC(N)CC1.Cl. The van der Waals surface area contributed by atoms with E-state index in [1.807, 2.05) is 31.2 Å². The minimum absolute atomic E-state index is 0. The highest BCUT2D eigenvalue weighted by atomic mass is 35.5. The van der Waals surface area contributed by atoms with Gasteiger partial charge in [-0.2, -0.15) is 0 Å². The van der Waals surface area contributed by atoms with Gasteiger partial charge in [0.15, 0.2) is 0 Å². The second-order valence-corrected chi connectivity index (χ2v) is 4.90. The van der Waals surface area contributed by atoms with E-state index >= 15 is 0 Å². The van der Waals surface area contributed by atoms with Crippen LogP contribution in [0.4, 0.5) is 0 Å². The topological polar surface area (TPSA) is 55.1 Å². The largest absolute Gasteiger partial charge is 0.349 e. The predicted octanol–water partition coefficient (Wildman–Crippen LogP) is 2.42. The molecule has 4 heteroatoms. The van der Waals surface area contributed by atoms with Crippen molar-refractivity contribution in [1.82, 2.24) is 5.32 Å². The number of halogens is 1. The number of aryl methyl sites for hydroxylation is 1. The van der Waals surface area contributed by atoms with Crippen molar-refractivity contribution in [2.75, 3.05) is 0 Å². The Hall–Kier alpha value is -1.06. The summed E-state index contributed by atoms with van der Waals surface area (Å²) in [7, 11) is 0. The molecule has 1 aromatic carbocycles. The van der Waals surface area contributed by atoms with Crippen molar-refractivity contribution < 1.29 is 4.79 Å². The Bertz CT molecular complexity index is 401. The molecule has 3 N–H and O–H groups in total. The van der Waals surface area contributed by atoms with Crippen molar-refractivity contribution in [3.63, 3.8) is 0 Å². The summed E-state index contributed by atoms with van der Waals surface area (Å²) in [5, 5.41) is 3.10. The Morgan fingerprint density at radius 1 is 1.22 bits per heavy atom. The van der Waals surface area contributed by atoms with Gasteiger partial charge in [-0.3, -0.25) is 4.79 Å². The molecule has 1 amide bonds. The van der Waals surface area contributed by atoms with E-state index in [4.69, 9.17) is 5.73 Å². The van der Waals surface area contributed by atoms with Crippen LogP contribution in [0.3, 0.4) is 0 Å². The highest BCUT2D eigenvalue weighted by Crippen LogP contribution is 2.17. The van der Waals surface area contributed by atoms with E-state index in [1.54, 1.807) is 0 Å². The fourth-order valence-corrected chi connectivity index (χ4v) is 2.35. The van der Waals surface area contributed by atoms with Crippen molar-refractivity contribution in [1.29, 1.82) is 0 Å². The monoisotopic (exact) mass is 268 g/mol. The molecule has 2 rings (SSSR count). The van der Waals surface area contributed by atoms with Crippen LogP contribution < -0.4 is 11.1 Å². The van der Waals surface area contributed by atoms with E-state index in [2.05, 4.69) is 5.32 Å². The Morgan fingerprint density at radius 2 is 1.83 bits per heavy atom. The highest BCUT2D eigenvalue weighted by Gasteiger charge is 2.20. The van der Waals surface area contributed by atoms with Crippen molar-refractivity contribution in [3.8, 4) is 0 Å². The van der Waals surface area contributed by atoms with Crippen LogP contribution in [0.2, 0.25) is 0 Å². The molecule has 18 heavy (non-hydrogen) atoms. The first-order valence-electron chi connectivity index (χ1n) is 6.29. The maximum atomic E-state index is 12.1. The Morgan fingerprint density at radius 3 is 2.44 bits per heavy atom. The van der Waals surface area contributed by atoms with Crippen LogP contribution in [0.15, 0.2) is 24.3 Å². The number of amides is 1. The molecule has 0 radical (unpaired) electrons. The summed E-state index contributed by atoms with van der Waals surface area (Å²) in [5.74, 6) is 0.0450. The maximum absolute atomic E-state index is 12.1. The van der Waals surface area contributed by atoms with Crippen molar-refractivity contribution in [3.05, 3.63) is 35.4 Å². The van der Waals surface area contributed by atoms with Crippen molar-refractivity contribution in [2.24, 2.45) is 5.73 Å². The summed E-state index contributed by atoms with van der Waals surface area (Å²) >= 11 is 0. The van der Waals surface area contributed by atoms with Crippen LogP contribution >= 0.6 is 12.4 Å². The summed E-state index contributed by atoms with van der Waals surface area (Å²) in [6.45, 7) is 1.96. The second kappa shape index (κ2) is 6.76. The number of benzene rings is 1. The third kappa shape index (κ3) is 3.72. The van der Waals surface area contributed by atoms with Crippen LogP contribution in [0.25, 0.3) is 0 Å². The number of carbonyl (C=O) groups is 1. The molecule has 1 aliphatic rings. The minimum Gasteiger partial charge on any atom is -0.349 e. The molecule has 0 unspecified atom stereocenters. The number of rotatable bonds is 2. The van der Waals surface area contributed by atoms with Crippen LogP contribution in [-0.2, 0) is 0 Å². The molecule has 1 saturated carbocycles. The van der Waals surface area contributed by atoms with E-state index in [9.17, 15) is 4.79 Å². The molecular formula is C14H21ClN2O. The minimum atomic E-state index is 0. The lowest BCUT2D eigenvalue weighted by atomic mass is 9.91. The first kappa shape index (κ1) is 15.0. The molecule has 100 valence electrons. The third-order valence-electron chi connectivity index (χ3n) is 3.50. The number of hydrogen-bond acceptors (Lipinski definition) is 2. The Balaban J connectivity index is 0.00000162. The first-order chi connectivity index (χ1) is 8.16. The molecule has 3 nitrogen and oxygen atoms in total.